The van der Waals surface area contributed by atoms with Crippen LogP contribution in [0.2, 0.25) is 0 Å². The number of aromatic nitrogens is 2. The van der Waals surface area contributed by atoms with E-state index in [0.717, 1.165) is 28.1 Å². The number of nitrogens with zero attached hydrogens (tertiary/aromatic N) is 2. The fourth-order valence-corrected chi connectivity index (χ4v) is 2.59. The zero-order valence-corrected chi connectivity index (χ0v) is 14.7. The van der Waals surface area contributed by atoms with Crippen molar-refractivity contribution < 1.29 is 9.53 Å². The quantitative estimate of drug-likeness (QED) is 0.528. The number of rotatable bonds is 6. The summed E-state index contributed by atoms with van der Waals surface area (Å²) in [6.07, 6.45) is 1.56. The zero-order valence-electron chi connectivity index (χ0n) is 14.7. The Morgan fingerprint density at radius 1 is 1.19 bits per heavy atom. The lowest BCUT2D eigenvalue weighted by molar-refractivity contribution is 0.0949. The van der Waals surface area contributed by atoms with Gasteiger partial charge in [0, 0.05) is 16.7 Å². The maximum atomic E-state index is 12.4. The second kappa shape index (κ2) is 8.11. The summed E-state index contributed by atoms with van der Waals surface area (Å²) >= 11 is 0. The van der Waals surface area contributed by atoms with Crippen LogP contribution < -0.4 is 10.2 Å². The number of hydrazone groups is 1. The third-order valence-corrected chi connectivity index (χ3v) is 3.87. The van der Waals surface area contributed by atoms with Crippen molar-refractivity contribution in [2.24, 2.45) is 5.10 Å². The number of hydrogen-bond acceptors (Lipinski definition) is 4. The Labute approximate surface area is 151 Å². The van der Waals surface area contributed by atoms with E-state index in [4.69, 9.17) is 4.74 Å². The minimum absolute atomic E-state index is 0.345. The number of benzene rings is 2. The van der Waals surface area contributed by atoms with Gasteiger partial charge in [-0.3, -0.25) is 9.89 Å². The molecule has 26 heavy (non-hydrogen) atoms. The molecule has 6 heteroatoms. The van der Waals surface area contributed by atoms with Gasteiger partial charge in [-0.2, -0.15) is 10.2 Å². The van der Waals surface area contributed by atoms with E-state index in [1.165, 1.54) is 0 Å². The molecule has 1 aromatic heterocycles. The van der Waals surface area contributed by atoms with Crippen molar-refractivity contribution in [2.75, 3.05) is 6.61 Å². The van der Waals surface area contributed by atoms with Crippen LogP contribution in [0.5, 0.6) is 5.75 Å². The smallest absolute Gasteiger partial charge is 0.289 e. The second-order valence-electron chi connectivity index (χ2n) is 5.61. The lowest BCUT2D eigenvalue weighted by Crippen LogP contribution is -2.19. The Bertz CT molecular complexity index is 917. The number of hydrogen-bond donors (Lipinski definition) is 2. The summed E-state index contributed by atoms with van der Waals surface area (Å²) in [5.41, 5.74) is 6.19. The molecule has 6 nitrogen and oxygen atoms in total. The molecular weight excluding hydrogens is 328 g/mol. The molecular formula is C20H20N4O2. The number of para-hydroxylation sites is 1. The number of nitrogens with one attached hydrogen (secondary N) is 2. The standard InChI is InChI=1S/C20H20N4O2/c1-3-26-17-12-8-7-11-16(17)13-21-24-20(25)19-14(2)18(22-23-19)15-9-5-4-6-10-15/h4-13H,3H2,1-2H3,(H,22,23)(H,24,25). The molecule has 3 rings (SSSR count). The monoisotopic (exact) mass is 348 g/mol. The summed E-state index contributed by atoms with van der Waals surface area (Å²) in [5, 5.41) is 11.1. The first-order valence-corrected chi connectivity index (χ1v) is 8.36. The Kier molecular flexibility index (Phi) is 5.43. The van der Waals surface area contributed by atoms with E-state index in [0.29, 0.717) is 12.3 Å². The van der Waals surface area contributed by atoms with Gasteiger partial charge in [0.15, 0.2) is 0 Å². The molecule has 3 aromatic rings. The first-order chi connectivity index (χ1) is 12.7. The molecule has 0 spiro atoms. The van der Waals surface area contributed by atoms with Crippen LogP contribution >= 0.6 is 0 Å². The molecule has 0 fully saturated rings. The van der Waals surface area contributed by atoms with Crippen LogP contribution in [0, 0.1) is 6.92 Å². The highest BCUT2D eigenvalue weighted by molar-refractivity contribution is 5.96. The molecule has 0 saturated heterocycles. The summed E-state index contributed by atoms with van der Waals surface area (Å²) in [4.78, 5) is 12.4. The van der Waals surface area contributed by atoms with Crippen molar-refractivity contribution in [2.45, 2.75) is 13.8 Å². The van der Waals surface area contributed by atoms with Gasteiger partial charge in [0.05, 0.1) is 18.5 Å². The number of ether oxygens (including phenoxy) is 1. The van der Waals surface area contributed by atoms with E-state index in [2.05, 4.69) is 20.7 Å². The summed E-state index contributed by atoms with van der Waals surface area (Å²) in [6, 6.07) is 17.2. The molecule has 132 valence electrons. The third kappa shape index (κ3) is 3.80. The van der Waals surface area contributed by atoms with Crippen molar-refractivity contribution >= 4 is 12.1 Å². The number of amides is 1. The van der Waals surface area contributed by atoms with Gasteiger partial charge in [-0.05, 0) is 26.0 Å². The van der Waals surface area contributed by atoms with Crippen LogP contribution in [0.3, 0.4) is 0 Å². The predicted octanol–water partition coefficient (Wildman–Crippen LogP) is 3.55. The fraction of sp³-hybridized carbons (Fsp3) is 0.150. The van der Waals surface area contributed by atoms with Gasteiger partial charge >= 0.3 is 0 Å². The molecule has 1 amide bonds. The number of H-pyrrole nitrogens is 1. The molecule has 0 saturated carbocycles. The Morgan fingerprint density at radius 3 is 2.69 bits per heavy atom. The summed E-state index contributed by atoms with van der Waals surface area (Å²) in [6.45, 7) is 4.34. The van der Waals surface area contributed by atoms with Crippen molar-refractivity contribution in [3.8, 4) is 17.0 Å². The van der Waals surface area contributed by atoms with Crippen molar-refractivity contribution in [1.82, 2.24) is 15.6 Å². The molecule has 0 atom stereocenters. The SMILES string of the molecule is CCOc1ccccc1C=NNC(=O)c1[nH]nc(-c2ccccc2)c1C. The van der Waals surface area contributed by atoms with Crippen LogP contribution in [-0.2, 0) is 0 Å². The summed E-state index contributed by atoms with van der Waals surface area (Å²) < 4.78 is 5.53. The Hall–Kier alpha value is -3.41. The van der Waals surface area contributed by atoms with E-state index in [1.807, 2.05) is 68.4 Å². The van der Waals surface area contributed by atoms with Crippen molar-refractivity contribution in [3.05, 3.63) is 71.4 Å². The Balaban J connectivity index is 1.73. The largest absolute Gasteiger partial charge is 0.493 e. The molecule has 2 aromatic carbocycles. The van der Waals surface area contributed by atoms with E-state index in [-0.39, 0.29) is 5.91 Å². The second-order valence-corrected chi connectivity index (χ2v) is 5.61. The highest BCUT2D eigenvalue weighted by atomic mass is 16.5. The zero-order chi connectivity index (χ0) is 18.4. The first kappa shape index (κ1) is 17.4. The Morgan fingerprint density at radius 2 is 1.92 bits per heavy atom. The molecule has 0 aliphatic heterocycles. The van der Waals surface area contributed by atoms with E-state index >= 15 is 0 Å². The number of aromatic amines is 1. The molecule has 0 unspecified atom stereocenters. The average molecular weight is 348 g/mol. The number of carbonyl (C=O) groups is 1. The van der Waals surface area contributed by atoms with E-state index in [9.17, 15) is 4.79 Å². The molecule has 0 radical (unpaired) electrons. The number of carbonyl (C=O) groups excluding carboxylic acids is 1. The minimum Gasteiger partial charge on any atom is -0.493 e. The van der Waals surface area contributed by atoms with Gasteiger partial charge in [0.1, 0.15) is 11.4 Å². The van der Waals surface area contributed by atoms with Gasteiger partial charge in [-0.25, -0.2) is 5.43 Å². The fourth-order valence-electron chi connectivity index (χ4n) is 2.59. The minimum atomic E-state index is -0.345. The van der Waals surface area contributed by atoms with Crippen molar-refractivity contribution in [3.63, 3.8) is 0 Å². The maximum Gasteiger partial charge on any atom is 0.289 e. The predicted molar refractivity (Wildman–Crippen MR) is 101 cm³/mol. The van der Waals surface area contributed by atoms with Gasteiger partial charge in [0.2, 0.25) is 0 Å². The van der Waals surface area contributed by atoms with Gasteiger partial charge in [-0.15, -0.1) is 0 Å². The van der Waals surface area contributed by atoms with E-state index in [1.54, 1.807) is 6.21 Å². The van der Waals surface area contributed by atoms with Gasteiger partial charge < -0.3 is 4.74 Å². The summed E-state index contributed by atoms with van der Waals surface area (Å²) in [5.74, 6) is 0.374. The lowest BCUT2D eigenvalue weighted by Gasteiger charge is -2.05. The topological polar surface area (TPSA) is 79.4 Å². The molecule has 0 bridgehead atoms. The molecule has 0 aliphatic rings. The highest BCUT2D eigenvalue weighted by Gasteiger charge is 2.16. The molecule has 2 N–H and O–H groups in total. The summed E-state index contributed by atoms with van der Waals surface area (Å²) in [7, 11) is 0. The van der Waals surface area contributed by atoms with Crippen LogP contribution in [0.1, 0.15) is 28.5 Å². The van der Waals surface area contributed by atoms with Crippen LogP contribution in [-0.4, -0.2) is 28.9 Å². The molecule has 1 heterocycles. The van der Waals surface area contributed by atoms with Crippen molar-refractivity contribution in [1.29, 1.82) is 0 Å². The first-order valence-electron chi connectivity index (χ1n) is 8.36. The van der Waals surface area contributed by atoms with Crippen LogP contribution in [0.25, 0.3) is 11.3 Å². The van der Waals surface area contributed by atoms with Gasteiger partial charge in [0.25, 0.3) is 5.91 Å². The van der Waals surface area contributed by atoms with Crippen LogP contribution in [0.4, 0.5) is 0 Å². The third-order valence-electron chi connectivity index (χ3n) is 3.87. The van der Waals surface area contributed by atoms with Gasteiger partial charge in [-0.1, -0.05) is 42.5 Å². The highest BCUT2D eigenvalue weighted by Crippen LogP contribution is 2.22. The van der Waals surface area contributed by atoms with Crippen LogP contribution in [0.15, 0.2) is 59.7 Å². The normalized spacial score (nSPS) is 10.8. The average Bonchev–Trinajstić information content (AvgIpc) is 3.05. The maximum absolute atomic E-state index is 12.4. The lowest BCUT2D eigenvalue weighted by atomic mass is 10.1. The molecule has 0 aliphatic carbocycles. The van der Waals surface area contributed by atoms with E-state index < -0.39 is 0 Å².